The largest absolute Gasteiger partial charge is 0.388 e. The number of hydrogen-bond donors (Lipinski definition) is 1. The van der Waals surface area contributed by atoms with E-state index in [2.05, 4.69) is 0 Å². The van der Waals surface area contributed by atoms with E-state index in [4.69, 9.17) is 4.74 Å². The molecule has 18 heavy (non-hydrogen) atoms. The second kappa shape index (κ2) is 5.71. The molecule has 0 bridgehead atoms. The lowest BCUT2D eigenvalue weighted by Crippen LogP contribution is -2.23. The Bertz CT molecular complexity index is 419. The highest BCUT2D eigenvalue weighted by atomic mass is 19.2. The summed E-state index contributed by atoms with van der Waals surface area (Å²) in [5.41, 5.74) is -0.698. The van der Waals surface area contributed by atoms with Crippen LogP contribution in [-0.2, 0) is 4.74 Å². The van der Waals surface area contributed by atoms with Crippen LogP contribution in [0.4, 0.5) is 13.2 Å². The zero-order valence-corrected chi connectivity index (χ0v) is 10.6. The van der Waals surface area contributed by atoms with E-state index >= 15 is 0 Å². The van der Waals surface area contributed by atoms with E-state index in [0.717, 1.165) is 0 Å². The van der Waals surface area contributed by atoms with Crippen LogP contribution >= 0.6 is 0 Å². The standard InChI is InChI=1S/C13H17F3O2/c1-13(2,18-3)5-4-12(17)8-6-10(15)11(16)7-9(8)14/h6-7,12,17H,4-5H2,1-3H3. The summed E-state index contributed by atoms with van der Waals surface area (Å²) in [7, 11) is 1.53. The van der Waals surface area contributed by atoms with Gasteiger partial charge in [0.25, 0.3) is 0 Å². The average Bonchev–Trinajstić information content (AvgIpc) is 2.31. The van der Waals surface area contributed by atoms with Gasteiger partial charge in [-0.1, -0.05) is 0 Å². The summed E-state index contributed by atoms with van der Waals surface area (Å²) >= 11 is 0. The van der Waals surface area contributed by atoms with E-state index in [1.165, 1.54) is 7.11 Å². The molecule has 0 aliphatic rings. The molecule has 0 aliphatic carbocycles. The fourth-order valence-electron chi connectivity index (χ4n) is 1.54. The van der Waals surface area contributed by atoms with Gasteiger partial charge in [-0.3, -0.25) is 0 Å². The van der Waals surface area contributed by atoms with E-state index in [1.807, 2.05) is 13.8 Å². The van der Waals surface area contributed by atoms with Gasteiger partial charge in [-0.05, 0) is 32.8 Å². The Kier molecular flexibility index (Phi) is 4.76. The Labute approximate surface area is 104 Å². The zero-order chi connectivity index (χ0) is 13.9. The Balaban J connectivity index is 2.79. The Hall–Kier alpha value is -1.07. The second-order valence-electron chi connectivity index (χ2n) is 4.81. The van der Waals surface area contributed by atoms with Gasteiger partial charge in [-0.25, -0.2) is 13.2 Å². The van der Waals surface area contributed by atoms with Crippen molar-refractivity contribution in [3.8, 4) is 0 Å². The molecule has 102 valence electrons. The quantitative estimate of drug-likeness (QED) is 0.825. The maximum absolute atomic E-state index is 13.4. The Morgan fingerprint density at radius 1 is 1.17 bits per heavy atom. The van der Waals surface area contributed by atoms with Crippen LogP contribution in [0, 0.1) is 17.5 Å². The van der Waals surface area contributed by atoms with Crippen molar-refractivity contribution in [1.82, 2.24) is 0 Å². The molecule has 1 rings (SSSR count). The molecule has 0 aliphatic heterocycles. The molecule has 0 aromatic heterocycles. The fraction of sp³-hybridized carbons (Fsp3) is 0.538. The fourth-order valence-corrected chi connectivity index (χ4v) is 1.54. The molecule has 1 unspecified atom stereocenters. The first-order valence-electron chi connectivity index (χ1n) is 5.64. The predicted molar refractivity (Wildman–Crippen MR) is 61.6 cm³/mol. The summed E-state index contributed by atoms with van der Waals surface area (Å²) in [6.07, 6.45) is -0.527. The topological polar surface area (TPSA) is 29.5 Å². The highest BCUT2D eigenvalue weighted by Gasteiger charge is 2.22. The molecule has 0 radical (unpaired) electrons. The summed E-state index contributed by atoms with van der Waals surface area (Å²) in [5.74, 6) is -3.38. The normalized spacial score (nSPS) is 13.7. The van der Waals surface area contributed by atoms with Crippen LogP contribution in [0.15, 0.2) is 12.1 Å². The van der Waals surface area contributed by atoms with Gasteiger partial charge in [-0.2, -0.15) is 0 Å². The van der Waals surface area contributed by atoms with Crippen molar-refractivity contribution in [3.63, 3.8) is 0 Å². The summed E-state index contributed by atoms with van der Waals surface area (Å²) in [6, 6.07) is 1.13. The van der Waals surface area contributed by atoms with Gasteiger partial charge in [0, 0.05) is 18.7 Å². The lowest BCUT2D eigenvalue weighted by Gasteiger charge is -2.24. The molecule has 1 aromatic rings. The van der Waals surface area contributed by atoms with Gasteiger partial charge in [-0.15, -0.1) is 0 Å². The number of hydrogen-bond acceptors (Lipinski definition) is 2. The first-order chi connectivity index (χ1) is 8.26. The first kappa shape index (κ1) is 15.0. The molecule has 0 amide bonds. The molecular formula is C13H17F3O2. The number of rotatable bonds is 5. The maximum Gasteiger partial charge on any atom is 0.161 e. The van der Waals surface area contributed by atoms with Crippen molar-refractivity contribution in [2.45, 2.75) is 38.4 Å². The third-order valence-corrected chi connectivity index (χ3v) is 2.97. The number of ether oxygens (including phenoxy) is 1. The highest BCUT2D eigenvalue weighted by Crippen LogP contribution is 2.27. The predicted octanol–water partition coefficient (Wildman–Crippen LogP) is 3.34. The minimum absolute atomic E-state index is 0.197. The van der Waals surface area contributed by atoms with E-state index in [1.54, 1.807) is 0 Å². The number of aliphatic hydroxyl groups is 1. The van der Waals surface area contributed by atoms with Gasteiger partial charge in [0.05, 0.1) is 11.7 Å². The van der Waals surface area contributed by atoms with Crippen molar-refractivity contribution in [2.75, 3.05) is 7.11 Å². The molecule has 1 aromatic carbocycles. The summed E-state index contributed by atoms with van der Waals surface area (Å²) in [5, 5.41) is 9.79. The monoisotopic (exact) mass is 262 g/mol. The van der Waals surface area contributed by atoms with Crippen LogP contribution in [0.5, 0.6) is 0 Å². The molecule has 0 saturated carbocycles. The average molecular weight is 262 g/mol. The molecule has 0 spiro atoms. The van der Waals surface area contributed by atoms with Crippen molar-refractivity contribution in [2.24, 2.45) is 0 Å². The minimum atomic E-state index is -1.26. The van der Waals surface area contributed by atoms with Crippen molar-refractivity contribution in [3.05, 3.63) is 35.1 Å². The van der Waals surface area contributed by atoms with Crippen LogP contribution < -0.4 is 0 Å². The smallest absolute Gasteiger partial charge is 0.161 e. The van der Waals surface area contributed by atoms with Gasteiger partial charge in [0.2, 0.25) is 0 Å². The summed E-state index contributed by atoms with van der Waals surface area (Å²) in [4.78, 5) is 0. The van der Waals surface area contributed by atoms with Gasteiger partial charge >= 0.3 is 0 Å². The number of methoxy groups -OCH3 is 1. The third-order valence-electron chi connectivity index (χ3n) is 2.97. The van der Waals surface area contributed by atoms with Crippen LogP contribution in [0.25, 0.3) is 0 Å². The zero-order valence-electron chi connectivity index (χ0n) is 10.6. The second-order valence-corrected chi connectivity index (χ2v) is 4.81. The molecule has 2 nitrogen and oxygen atoms in total. The maximum atomic E-state index is 13.4. The van der Waals surface area contributed by atoms with Gasteiger partial charge in [0.1, 0.15) is 5.82 Å². The highest BCUT2D eigenvalue weighted by molar-refractivity contribution is 5.22. The minimum Gasteiger partial charge on any atom is -0.388 e. The van der Waals surface area contributed by atoms with Crippen LogP contribution in [0.3, 0.4) is 0 Å². The Morgan fingerprint density at radius 2 is 1.72 bits per heavy atom. The summed E-state index contributed by atoms with van der Waals surface area (Å²) < 4.78 is 44.3. The number of aliphatic hydroxyl groups excluding tert-OH is 1. The summed E-state index contributed by atoms with van der Waals surface area (Å²) in [6.45, 7) is 3.64. The molecule has 1 N–H and O–H groups in total. The van der Waals surface area contributed by atoms with E-state index in [0.29, 0.717) is 18.6 Å². The molecule has 0 heterocycles. The van der Waals surface area contributed by atoms with Crippen molar-refractivity contribution < 1.29 is 23.0 Å². The van der Waals surface area contributed by atoms with Gasteiger partial charge < -0.3 is 9.84 Å². The van der Waals surface area contributed by atoms with Crippen LogP contribution in [-0.4, -0.2) is 17.8 Å². The third kappa shape index (κ3) is 3.71. The molecule has 1 atom stereocenters. The molecule has 5 heteroatoms. The van der Waals surface area contributed by atoms with E-state index < -0.39 is 29.2 Å². The van der Waals surface area contributed by atoms with Crippen LogP contribution in [0.1, 0.15) is 38.4 Å². The molecular weight excluding hydrogens is 245 g/mol. The number of benzene rings is 1. The molecule has 0 fully saturated rings. The lowest BCUT2D eigenvalue weighted by atomic mass is 9.96. The SMILES string of the molecule is COC(C)(C)CCC(O)c1cc(F)c(F)cc1F. The van der Waals surface area contributed by atoms with E-state index in [-0.39, 0.29) is 12.0 Å². The van der Waals surface area contributed by atoms with Crippen molar-refractivity contribution in [1.29, 1.82) is 0 Å². The Morgan fingerprint density at radius 3 is 2.28 bits per heavy atom. The molecule has 0 saturated heterocycles. The van der Waals surface area contributed by atoms with E-state index in [9.17, 15) is 18.3 Å². The first-order valence-corrected chi connectivity index (χ1v) is 5.64. The van der Waals surface area contributed by atoms with Crippen molar-refractivity contribution >= 4 is 0 Å². The van der Waals surface area contributed by atoms with Crippen LogP contribution in [0.2, 0.25) is 0 Å². The number of halogens is 3. The lowest BCUT2D eigenvalue weighted by molar-refractivity contribution is 0.00244. The van der Waals surface area contributed by atoms with Gasteiger partial charge in [0.15, 0.2) is 11.6 Å².